The number of benzene rings is 1. The fourth-order valence-electron chi connectivity index (χ4n) is 1.71. The van der Waals surface area contributed by atoms with Crippen LogP contribution in [0, 0.1) is 0 Å². The van der Waals surface area contributed by atoms with Gasteiger partial charge in [-0.1, -0.05) is 17.7 Å². The van der Waals surface area contributed by atoms with E-state index in [-0.39, 0.29) is 0 Å². The minimum atomic E-state index is -0.924. The topological polar surface area (TPSA) is 49.8 Å². The molecule has 1 fully saturated rings. The zero-order valence-electron chi connectivity index (χ0n) is 8.60. The molecule has 0 bridgehead atoms. The van der Waals surface area contributed by atoms with E-state index in [0.29, 0.717) is 24.7 Å². The molecule has 1 heterocycles. The second kappa shape index (κ2) is 4.72. The monoisotopic (exact) mass is 241 g/mol. The Morgan fingerprint density at radius 1 is 1.56 bits per heavy atom. The summed E-state index contributed by atoms with van der Waals surface area (Å²) in [5, 5.41) is 9.53. The first-order valence-corrected chi connectivity index (χ1v) is 5.39. The van der Waals surface area contributed by atoms with Gasteiger partial charge in [-0.05, 0) is 18.2 Å². The van der Waals surface area contributed by atoms with E-state index in [1.807, 2.05) is 23.1 Å². The molecule has 0 saturated carbocycles. The number of hydrogen-bond donors (Lipinski definition) is 1. The fourth-order valence-corrected chi connectivity index (χ4v) is 1.89. The highest BCUT2D eigenvalue weighted by molar-refractivity contribution is 6.30. The number of carbonyl (C=O) groups is 1. The number of morpholine rings is 1. The van der Waals surface area contributed by atoms with Crippen molar-refractivity contribution in [1.29, 1.82) is 0 Å². The van der Waals surface area contributed by atoms with Crippen molar-refractivity contribution in [3.05, 3.63) is 29.3 Å². The van der Waals surface area contributed by atoms with E-state index in [1.165, 1.54) is 0 Å². The number of hydrogen-bond acceptors (Lipinski definition) is 3. The van der Waals surface area contributed by atoms with Crippen LogP contribution in [0.3, 0.4) is 0 Å². The average molecular weight is 242 g/mol. The first kappa shape index (κ1) is 11.2. The van der Waals surface area contributed by atoms with Gasteiger partial charge in [-0.2, -0.15) is 0 Å². The van der Waals surface area contributed by atoms with Gasteiger partial charge in [0.1, 0.15) is 0 Å². The van der Waals surface area contributed by atoms with E-state index in [9.17, 15) is 4.79 Å². The van der Waals surface area contributed by atoms with E-state index in [4.69, 9.17) is 21.4 Å². The number of nitrogens with zero attached hydrogens (tertiary/aromatic N) is 1. The van der Waals surface area contributed by atoms with Crippen molar-refractivity contribution in [2.45, 2.75) is 6.10 Å². The van der Waals surface area contributed by atoms with Gasteiger partial charge >= 0.3 is 5.97 Å². The van der Waals surface area contributed by atoms with Gasteiger partial charge in [0, 0.05) is 17.3 Å². The molecule has 1 saturated heterocycles. The molecule has 0 spiro atoms. The van der Waals surface area contributed by atoms with Crippen LogP contribution in [-0.4, -0.2) is 36.9 Å². The van der Waals surface area contributed by atoms with Crippen LogP contribution in [0.1, 0.15) is 0 Å². The molecule has 0 amide bonds. The summed E-state index contributed by atoms with van der Waals surface area (Å²) in [5.41, 5.74) is 0.932. The molecule has 2 rings (SSSR count). The molecule has 0 radical (unpaired) electrons. The van der Waals surface area contributed by atoms with Gasteiger partial charge in [-0.25, -0.2) is 4.79 Å². The number of ether oxygens (including phenoxy) is 1. The Morgan fingerprint density at radius 3 is 3.06 bits per heavy atom. The van der Waals surface area contributed by atoms with E-state index < -0.39 is 12.1 Å². The summed E-state index contributed by atoms with van der Waals surface area (Å²) in [4.78, 5) is 12.8. The highest BCUT2D eigenvalue weighted by Gasteiger charge is 2.26. The van der Waals surface area contributed by atoms with Crippen molar-refractivity contribution < 1.29 is 14.6 Å². The Kier molecular flexibility index (Phi) is 3.31. The Morgan fingerprint density at radius 2 is 2.38 bits per heavy atom. The number of carboxylic acids is 1. The normalized spacial score (nSPS) is 20.8. The first-order valence-electron chi connectivity index (χ1n) is 5.02. The highest BCUT2D eigenvalue weighted by atomic mass is 35.5. The van der Waals surface area contributed by atoms with Crippen LogP contribution in [0.25, 0.3) is 0 Å². The Labute approximate surface area is 98.4 Å². The summed E-state index contributed by atoms with van der Waals surface area (Å²) in [5.74, 6) is -0.924. The number of carboxylic acid groups (broad SMARTS) is 1. The van der Waals surface area contributed by atoms with Crippen molar-refractivity contribution in [2.75, 3.05) is 24.6 Å². The zero-order valence-corrected chi connectivity index (χ0v) is 9.35. The SMILES string of the molecule is O=C(O)[C@@H]1CN(c2cccc(Cl)c2)CCO1. The minimum Gasteiger partial charge on any atom is -0.479 e. The Hall–Kier alpha value is -1.26. The van der Waals surface area contributed by atoms with E-state index in [1.54, 1.807) is 6.07 Å². The molecule has 1 N–H and O–H groups in total. The lowest BCUT2D eigenvalue weighted by Gasteiger charge is -2.32. The molecule has 1 aromatic carbocycles. The predicted octanol–water partition coefficient (Wildman–Crippen LogP) is 1.63. The van der Waals surface area contributed by atoms with Crippen LogP contribution in [-0.2, 0) is 9.53 Å². The molecule has 4 nitrogen and oxygen atoms in total. The number of halogens is 1. The van der Waals surface area contributed by atoms with Crippen LogP contribution in [0.2, 0.25) is 5.02 Å². The van der Waals surface area contributed by atoms with Crippen molar-refractivity contribution in [1.82, 2.24) is 0 Å². The fraction of sp³-hybridized carbons (Fsp3) is 0.364. The Balaban J connectivity index is 2.12. The van der Waals surface area contributed by atoms with Crippen LogP contribution in [0.4, 0.5) is 5.69 Å². The van der Waals surface area contributed by atoms with E-state index in [0.717, 1.165) is 5.69 Å². The molecule has 1 atom stereocenters. The predicted molar refractivity (Wildman–Crippen MR) is 61.0 cm³/mol. The molecular formula is C11H12ClNO3. The summed E-state index contributed by atoms with van der Waals surface area (Å²) in [6.07, 6.45) is -0.757. The molecule has 16 heavy (non-hydrogen) atoms. The highest BCUT2D eigenvalue weighted by Crippen LogP contribution is 2.21. The molecule has 86 valence electrons. The summed E-state index contributed by atoms with van der Waals surface area (Å²) < 4.78 is 5.15. The number of anilines is 1. The molecule has 0 aliphatic carbocycles. The third-order valence-corrected chi connectivity index (χ3v) is 2.75. The van der Waals surface area contributed by atoms with Crippen molar-refractivity contribution in [3.8, 4) is 0 Å². The molecular weight excluding hydrogens is 230 g/mol. The lowest BCUT2D eigenvalue weighted by molar-refractivity contribution is -0.150. The van der Waals surface area contributed by atoms with Crippen LogP contribution >= 0.6 is 11.6 Å². The van der Waals surface area contributed by atoms with Gasteiger partial charge < -0.3 is 14.7 Å². The van der Waals surface area contributed by atoms with Crippen LogP contribution < -0.4 is 4.90 Å². The van der Waals surface area contributed by atoms with E-state index >= 15 is 0 Å². The van der Waals surface area contributed by atoms with Gasteiger partial charge in [0.25, 0.3) is 0 Å². The molecule has 1 aliphatic heterocycles. The molecule has 1 aliphatic rings. The van der Waals surface area contributed by atoms with Gasteiger partial charge in [-0.3, -0.25) is 0 Å². The lowest BCUT2D eigenvalue weighted by Crippen LogP contribution is -2.46. The zero-order chi connectivity index (χ0) is 11.5. The Bertz CT molecular complexity index is 397. The van der Waals surface area contributed by atoms with Crippen molar-refractivity contribution >= 4 is 23.3 Å². The van der Waals surface area contributed by atoms with Crippen LogP contribution in [0.5, 0.6) is 0 Å². The van der Waals surface area contributed by atoms with Crippen molar-refractivity contribution in [2.24, 2.45) is 0 Å². The standard InChI is InChI=1S/C11H12ClNO3/c12-8-2-1-3-9(6-8)13-4-5-16-10(7-13)11(14)15/h1-3,6,10H,4-5,7H2,(H,14,15)/t10-/m0/s1. The summed E-state index contributed by atoms with van der Waals surface area (Å²) >= 11 is 5.89. The average Bonchev–Trinajstić information content (AvgIpc) is 2.29. The molecule has 5 heteroatoms. The smallest absolute Gasteiger partial charge is 0.334 e. The number of aliphatic carboxylic acids is 1. The maximum Gasteiger partial charge on any atom is 0.334 e. The van der Waals surface area contributed by atoms with Gasteiger partial charge in [0.05, 0.1) is 13.2 Å². The first-order chi connectivity index (χ1) is 7.66. The minimum absolute atomic E-state index is 0.357. The lowest BCUT2D eigenvalue weighted by atomic mass is 10.2. The summed E-state index contributed by atoms with van der Waals surface area (Å²) in [7, 11) is 0. The number of rotatable bonds is 2. The quantitative estimate of drug-likeness (QED) is 0.855. The van der Waals surface area contributed by atoms with Gasteiger partial charge in [-0.15, -0.1) is 0 Å². The third-order valence-electron chi connectivity index (χ3n) is 2.52. The second-order valence-electron chi connectivity index (χ2n) is 3.62. The maximum absolute atomic E-state index is 10.8. The summed E-state index contributed by atoms with van der Waals surface area (Å²) in [6, 6.07) is 7.38. The van der Waals surface area contributed by atoms with Gasteiger partial charge in [0.15, 0.2) is 6.10 Å². The van der Waals surface area contributed by atoms with Crippen LogP contribution in [0.15, 0.2) is 24.3 Å². The molecule has 1 aromatic rings. The largest absolute Gasteiger partial charge is 0.479 e. The van der Waals surface area contributed by atoms with Gasteiger partial charge in [0.2, 0.25) is 0 Å². The molecule has 0 aromatic heterocycles. The summed E-state index contributed by atoms with van der Waals surface area (Å²) in [6.45, 7) is 1.46. The third kappa shape index (κ3) is 2.46. The molecule has 0 unspecified atom stereocenters. The van der Waals surface area contributed by atoms with E-state index in [2.05, 4.69) is 0 Å². The maximum atomic E-state index is 10.8. The van der Waals surface area contributed by atoms with Crippen molar-refractivity contribution in [3.63, 3.8) is 0 Å². The second-order valence-corrected chi connectivity index (χ2v) is 4.06.